The highest BCUT2D eigenvalue weighted by atomic mass is 32.2. The number of benzene rings is 2. The molecule has 3 nitrogen and oxygen atoms in total. The molecule has 0 aliphatic heterocycles. The summed E-state index contributed by atoms with van der Waals surface area (Å²) in [6, 6.07) is 15.7. The molecule has 0 unspecified atom stereocenters. The quantitative estimate of drug-likeness (QED) is 0.683. The summed E-state index contributed by atoms with van der Waals surface area (Å²) in [5.41, 5.74) is 9.14. The summed E-state index contributed by atoms with van der Waals surface area (Å²) >= 11 is 1.71. The highest BCUT2D eigenvalue weighted by Gasteiger charge is 2.08. The molecule has 0 fully saturated rings. The second kappa shape index (κ2) is 5.68. The van der Waals surface area contributed by atoms with Crippen molar-refractivity contribution in [2.45, 2.75) is 4.90 Å². The molecule has 0 spiro atoms. The van der Waals surface area contributed by atoms with Crippen LogP contribution in [-0.4, -0.2) is 13.3 Å². The number of thioether (sulfide) groups is 1. The average molecular weight is 269 g/mol. The predicted octanol–water partition coefficient (Wildman–Crippen LogP) is 3.63. The maximum atomic E-state index is 8.96. The minimum absolute atomic E-state index is 0.608. The summed E-state index contributed by atoms with van der Waals surface area (Å²) in [7, 11) is 1.95. The van der Waals surface area contributed by atoms with Crippen molar-refractivity contribution in [2.24, 2.45) is 0 Å². The standard InChI is InChI=1S/C15H15N3S/c1-18(12-4-6-13(19-2)7-5-12)15-9-11(10-16)3-8-14(15)17/h3-9H,17H2,1-2H3. The fourth-order valence-corrected chi connectivity index (χ4v) is 2.26. The van der Waals surface area contributed by atoms with E-state index < -0.39 is 0 Å². The second-order valence-corrected chi connectivity index (χ2v) is 5.02. The molecule has 0 saturated heterocycles. The lowest BCUT2D eigenvalue weighted by atomic mass is 10.1. The summed E-state index contributed by atoms with van der Waals surface area (Å²) in [5, 5.41) is 8.96. The number of nitriles is 1. The third-order valence-electron chi connectivity index (χ3n) is 2.98. The first-order chi connectivity index (χ1) is 9.15. The Hall–Kier alpha value is -2.12. The van der Waals surface area contributed by atoms with E-state index in [4.69, 9.17) is 11.0 Å². The summed E-state index contributed by atoms with van der Waals surface area (Å²) in [6.07, 6.45) is 2.05. The molecule has 2 aromatic carbocycles. The van der Waals surface area contributed by atoms with Gasteiger partial charge in [-0.25, -0.2) is 0 Å². The molecule has 0 amide bonds. The third-order valence-corrected chi connectivity index (χ3v) is 3.72. The van der Waals surface area contributed by atoms with Gasteiger partial charge in [-0.1, -0.05) is 0 Å². The zero-order chi connectivity index (χ0) is 13.8. The molecule has 0 bridgehead atoms. The van der Waals surface area contributed by atoms with Gasteiger partial charge in [0.1, 0.15) is 0 Å². The van der Waals surface area contributed by atoms with Crippen molar-refractivity contribution in [3.05, 3.63) is 48.0 Å². The molecule has 19 heavy (non-hydrogen) atoms. The van der Waals surface area contributed by atoms with Crippen LogP contribution in [0.3, 0.4) is 0 Å². The molecule has 0 aliphatic rings. The average Bonchev–Trinajstić information content (AvgIpc) is 2.47. The van der Waals surface area contributed by atoms with Crippen LogP contribution in [0.1, 0.15) is 5.56 Å². The van der Waals surface area contributed by atoms with Crippen molar-refractivity contribution in [1.82, 2.24) is 0 Å². The smallest absolute Gasteiger partial charge is 0.0992 e. The van der Waals surface area contributed by atoms with Crippen LogP contribution in [0.4, 0.5) is 17.1 Å². The van der Waals surface area contributed by atoms with Crippen molar-refractivity contribution in [3.63, 3.8) is 0 Å². The van der Waals surface area contributed by atoms with Crippen LogP contribution in [0, 0.1) is 11.3 Å². The molecule has 2 N–H and O–H groups in total. The molecule has 2 rings (SSSR count). The lowest BCUT2D eigenvalue weighted by Gasteiger charge is -2.21. The number of anilines is 3. The molecule has 0 aliphatic carbocycles. The number of hydrogen-bond donors (Lipinski definition) is 1. The van der Waals surface area contributed by atoms with E-state index in [1.807, 2.05) is 30.3 Å². The van der Waals surface area contributed by atoms with Crippen LogP contribution in [0.5, 0.6) is 0 Å². The first-order valence-corrected chi connectivity index (χ1v) is 7.05. The maximum absolute atomic E-state index is 8.96. The molecule has 0 saturated carbocycles. The molecule has 4 heteroatoms. The van der Waals surface area contributed by atoms with Crippen LogP contribution in [-0.2, 0) is 0 Å². The summed E-state index contributed by atoms with van der Waals surface area (Å²) in [6.45, 7) is 0. The van der Waals surface area contributed by atoms with Gasteiger partial charge >= 0.3 is 0 Å². The molecule has 0 heterocycles. The number of nitrogen functional groups attached to an aromatic ring is 1. The van der Waals surface area contributed by atoms with Crippen molar-refractivity contribution >= 4 is 28.8 Å². The minimum atomic E-state index is 0.608. The lowest BCUT2D eigenvalue weighted by molar-refractivity contribution is 1.20. The lowest BCUT2D eigenvalue weighted by Crippen LogP contribution is -2.11. The van der Waals surface area contributed by atoms with Gasteiger partial charge in [0.15, 0.2) is 0 Å². The van der Waals surface area contributed by atoms with Crippen molar-refractivity contribution < 1.29 is 0 Å². The Morgan fingerprint density at radius 2 is 1.84 bits per heavy atom. The largest absolute Gasteiger partial charge is 0.397 e. The molecule has 96 valence electrons. The second-order valence-electron chi connectivity index (χ2n) is 4.14. The number of hydrogen-bond acceptors (Lipinski definition) is 4. The maximum Gasteiger partial charge on any atom is 0.0992 e. The highest BCUT2D eigenvalue weighted by Crippen LogP contribution is 2.30. The van der Waals surface area contributed by atoms with Crippen molar-refractivity contribution in [1.29, 1.82) is 5.26 Å². The molecule has 0 radical (unpaired) electrons. The summed E-state index contributed by atoms with van der Waals surface area (Å²) in [5.74, 6) is 0. The highest BCUT2D eigenvalue weighted by molar-refractivity contribution is 7.98. The van der Waals surface area contributed by atoms with E-state index in [0.29, 0.717) is 11.3 Å². The predicted molar refractivity (Wildman–Crippen MR) is 81.9 cm³/mol. The van der Waals surface area contributed by atoms with Crippen molar-refractivity contribution in [2.75, 3.05) is 23.9 Å². The van der Waals surface area contributed by atoms with Gasteiger partial charge in [-0.3, -0.25) is 0 Å². The molecular weight excluding hydrogens is 254 g/mol. The van der Waals surface area contributed by atoms with Gasteiger partial charge in [-0.05, 0) is 48.7 Å². The summed E-state index contributed by atoms with van der Waals surface area (Å²) in [4.78, 5) is 3.20. The molecule has 0 atom stereocenters. The van der Waals surface area contributed by atoms with E-state index in [0.717, 1.165) is 11.4 Å². The van der Waals surface area contributed by atoms with Crippen molar-refractivity contribution in [3.8, 4) is 6.07 Å². The first kappa shape index (κ1) is 13.3. The Morgan fingerprint density at radius 3 is 2.42 bits per heavy atom. The zero-order valence-corrected chi connectivity index (χ0v) is 11.7. The molecule has 2 aromatic rings. The Morgan fingerprint density at radius 1 is 1.16 bits per heavy atom. The fourth-order valence-electron chi connectivity index (χ4n) is 1.85. The monoisotopic (exact) mass is 269 g/mol. The Labute approximate surface area is 117 Å². The minimum Gasteiger partial charge on any atom is -0.397 e. The van der Waals surface area contributed by atoms with Gasteiger partial charge in [0.2, 0.25) is 0 Å². The Kier molecular flexibility index (Phi) is 3.98. The van der Waals surface area contributed by atoms with Crippen LogP contribution in [0.2, 0.25) is 0 Å². The SMILES string of the molecule is CSc1ccc(N(C)c2cc(C#N)ccc2N)cc1. The van der Waals surface area contributed by atoms with Crippen LogP contribution in [0.15, 0.2) is 47.4 Å². The van der Waals surface area contributed by atoms with E-state index in [1.165, 1.54) is 4.90 Å². The fraction of sp³-hybridized carbons (Fsp3) is 0.133. The Balaban J connectivity index is 2.37. The van der Waals surface area contributed by atoms with E-state index in [2.05, 4.69) is 18.2 Å². The van der Waals surface area contributed by atoms with Gasteiger partial charge < -0.3 is 10.6 Å². The number of nitrogens with two attached hydrogens (primary N) is 1. The van der Waals surface area contributed by atoms with E-state index in [1.54, 1.807) is 30.0 Å². The topological polar surface area (TPSA) is 53.0 Å². The van der Waals surface area contributed by atoms with E-state index >= 15 is 0 Å². The number of rotatable bonds is 3. The van der Waals surface area contributed by atoms with Gasteiger partial charge in [-0.15, -0.1) is 11.8 Å². The first-order valence-electron chi connectivity index (χ1n) is 5.83. The summed E-state index contributed by atoms with van der Waals surface area (Å²) < 4.78 is 0. The molecular formula is C15H15N3S. The Bertz CT molecular complexity index is 614. The van der Waals surface area contributed by atoms with Gasteiger partial charge in [0.05, 0.1) is 23.0 Å². The number of nitrogens with zero attached hydrogens (tertiary/aromatic N) is 2. The normalized spacial score (nSPS) is 9.95. The van der Waals surface area contributed by atoms with Gasteiger partial charge in [0.25, 0.3) is 0 Å². The third kappa shape index (κ3) is 2.83. The molecule has 0 aromatic heterocycles. The zero-order valence-electron chi connectivity index (χ0n) is 10.9. The van der Waals surface area contributed by atoms with Gasteiger partial charge in [0, 0.05) is 17.6 Å². The van der Waals surface area contributed by atoms with E-state index in [-0.39, 0.29) is 0 Å². The van der Waals surface area contributed by atoms with E-state index in [9.17, 15) is 0 Å². The van der Waals surface area contributed by atoms with Gasteiger partial charge in [-0.2, -0.15) is 5.26 Å². The van der Waals surface area contributed by atoms with Crippen LogP contribution < -0.4 is 10.6 Å². The van der Waals surface area contributed by atoms with Crippen LogP contribution in [0.25, 0.3) is 0 Å². The van der Waals surface area contributed by atoms with Crippen LogP contribution >= 0.6 is 11.8 Å².